The zero-order valence-corrected chi connectivity index (χ0v) is 10.6. The third-order valence-electron chi connectivity index (χ3n) is 2.62. The monoisotopic (exact) mass is 239 g/mol. The number of unbranched alkanes of at least 4 members (excludes halogenated alkanes) is 1. The molecule has 1 heterocycles. The molecule has 2 N–H and O–H groups in total. The smallest absolute Gasteiger partial charge is 0.317 e. The largest absolute Gasteiger partial charge is 0.328 e. The van der Waals surface area contributed by atoms with E-state index in [-0.39, 0.29) is 11.2 Å². The van der Waals surface area contributed by atoms with Crippen LogP contribution >= 0.6 is 0 Å². The van der Waals surface area contributed by atoms with E-state index in [0.29, 0.717) is 12.1 Å². The number of aromatic amines is 1. The van der Waals surface area contributed by atoms with Crippen molar-refractivity contribution in [2.75, 3.05) is 13.1 Å². The van der Waals surface area contributed by atoms with Crippen molar-refractivity contribution in [1.29, 1.82) is 0 Å². The van der Waals surface area contributed by atoms with Gasteiger partial charge in [0.15, 0.2) is 0 Å². The maximum Gasteiger partial charge on any atom is 0.328 e. The fourth-order valence-corrected chi connectivity index (χ4v) is 1.62. The van der Waals surface area contributed by atoms with Crippen molar-refractivity contribution in [3.05, 3.63) is 32.6 Å². The van der Waals surface area contributed by atoms with Crippen LogP contribution in [0.5, 0.6) is 0 Å². The van der Waals surface area contributed by atoms with Crippen LogP contribution in [0.2, 0.25) is 0 Å². The van der Waals surface area contributed by atoms with Crippen LogP contribution in [-0.4, -0.2) is 22.6 Å². The average molecular weight is 239 g/mol. The van der Waals surface area contributed by atoms with Gasteiger partial charge in [-0.2, -0.15) is 0 Å². The van der Waals surface area contributed by atoms with E-state index in [1.807, 2.05) is 0 Å². The Kier molecular flexibility index (Phi) is 5.69. The van der Waals surface area contributed by atoms with Gasteiger partial charge >= 0.3 is 5.69 Å². The SMILES string of the molecule is CCCNCCCCn1cc(C)c(=O)[nH]c1=O. The molecular formula is C12H21N3O2. The quantitative estimate of drug-likeness (QED) is 0.686. The Balaban J connectivity index is 2.39. The van der Waals surface area contributed by atoms with E-state index in [1.54, 1.807) is 17.7 Å². The summed E-state index contributed by atoms with van der Waals surface area (Å²) in [7, 11) is 0. The van der Waals surface area contributed by atoms with Gasteiger partial charge in [-0.15, -0.1) is 0 Å². The maximum atomic E-state index is 11.5. The van der Waals surface area contributed by atoms with E-state index < -0.39 is 0 Å². The molecule has 1 aromatic heterocycles. The Bertz CT molecular complexity index is 448. The van der Waals surface area contributed by atoms with Gasteiger partial charge in [0.1, 0.15) is 0 Å². The molecule has 96 valence electrons. The first kappa shape index (κ1) is 13.7. The summed E-state index contributed by atoms with van der Waals surface area (Å²) in [6.07, 6.45) is 4.73. The molecule has 0 aliphatic carbocycles. The molecule has 5 nitrogen and oxygen atoms in total. The Morgan fingerprint density at radius 3 is 2.76 bits per heavy atom. The molecule has 0 amide bonds. The molecule has 0 spiro atoms. The second-order valence-electron chi connectivity index (χ2n) is 4.22. The van der Waals surface area contributed by atoms with Gasteiger partial charge in [0.2, 0.25) is 0 Å². The first-order valence-electron chi connectivity index (χ1n) is 6.16. The Labute approximate surface area is 101 Å². The van der Waals surface area contributed by atoms with Crippen LogP contribution in [0, 0.1) is 6.92 Å². The summed E-state index contributed by atoms with van der Waals surface area (Å²) >= 11 is 0. The predicted molar refractivity (Wildman–Crippen MR) is 68.5 cm³/mol. The van der Waals surface area contributed by atoms with E-state index in [2.05, 4.69) is 17.2 Å². The molecule has 1 aromatic rings. The van der Waals surface area contributed by atoms with Crippen molar-refractivity contribution in [2.24, 2.45) is 0 Å². The molecule has 5 heteroatoms. The highest BCUT2D eigenvalue weighted by Crippen LogP contribution is 1.92. The van der Waals surface area contributed by atoms with Gasteiger partial charge in [-0.25, -0.2) is 4.79 Å². The minimum Gasteiger partial charge on any atom is -0.317 e. The number of aryl methyl sites for hydroxylation is 2. The number of rotatable bonds is 7. The molecule has 17 heavy (non-hydrogen) atoms. The fraction of sp³-hybridized carbons (Fsp3) is 0.667. The molecule has 0 aliphatic heterocycles. The summed E-state index contributed by atoms with van der Waals surface area (Å²) in [6, 6.07) is 0. The molecule has 0 fully saturated rings. The highest BCUT2D eigenvalue weighted by Gasteiger charge is 1.99. The van der Waals surface area contributed by atoms with Crippen LogP contribution in [0.4, 0.5) is 0 Å². The lowest BCUT2D eigenvalue weighted by Gasteiger charge is -2.06. The topological polar surface area (TPSA) is 66.9 Å². The molecule has 0 aromatic carbocycles. The van der Waals surface area contributed by atoms with Crippen LogP contribution < -0.4 is 16.6 Å². The number of hydrogen-bond donors (Lipinski definition) is 2. The molecule has 0 unspecified atom stereocenters. The van der Waals surface area contributed by atoms with Crippen molar-refractivity contribution in [3.63, 3.8) is 0 Å². The zero-order valence-electron chi connectivity index (χ0n) is 10.6. The van der Waals surface area contributed by atoms with Crippen LogP contribution in [0.15, 0.2) is 15.8 Å². The van der Waals surface area contributed by atoms with Crippen LogP contribution in [-0.2, 0) is 6.54 Å². The summed E-state index contributed by atoms with van der Waals surface area (Å²) in [5.41, 5.74) is -0.0355. The maximum absolute atomic E-state index is 11.5. The van der Waals surface area contributed by atoms with E-state index in [0.717, 1.165) is 32.4 Å². The van der Waals surface area contributed by atoms with Gasteiger partial charge in [0.25, 0.3) is 5.56 Å². The number of H-pyrrole nitrogens is 1. The second-order valence-corrected chi connectivity index (χ2v) is 4.22. The lowest BCUT2D eigenvalue weighted by molar-refractivity contribution is 0.549. The van der Waals surface area contributed by atoms with Crippen molar-refractivity contribution in [1.82, 2.24) is 14.9 Å². The Morgan fingerprint density at radius 1 is 1.29 bits per heavy atom. The molecule has 0 radical (unpaired) electrons. The van der Waals surface area contributed by atoms with Crippen LogP contribution in [0.3, 0.4) is 0 Å². The number of aromatic nitrogens is 2. The number of hydrogen-bond acceptors (Lipinski definition) is 3. The normalized spacial score (nSPS) is 10.7. The minimum absolute atomic E-state index is 0.295. The highest BCUT2D eigenvalue weighted by molar-refractivity contribution is 5.00. The molecule has 0 saturated carbocycles. The van der Waals surface area contributed by atoms with Crippen molar-refractivity contribution in [3.8, 4) is 0 Å². The first-order chi connectivity index (χ1) is 8.15. The number of nitrogens with zero attached hydrogens (tertiary/aromatic N) is 1. The number of nitrogens with one attached hydrogen (secondary N) is 2. The predicted octanol–water partition coefficient (Wildman–Crippen LogP) is 0.625. The van der Waals surface area contributed by atoms with Crippen molar-refractivity contribution in [2.45, 2.75) is 39.7 Å². The van der Waals surface area contributed by atoms with Gasteiger partial charge in [0.05, 0.1) is 0 Å². The van der Waals surface area contributed by atoms with Gasteiger partial charge in [0, 0.05) is 18.3 Å². The summed E-state index contributed by atoms with van der Waals surface area (Å²) in [5, 5.41) is 3.31. The molecule has 0 atom stereocenters. The van der Waals surface area contributed by atoms with Crippen LogP contribution in [0.1, 0.15) is 31.7 Å². The zero-order chi connectivity index (χ0) is 12.7. The van der Waals surface area contributed by atoms with Crippen molar-refractivity contribution >= 4 is 0 Å². The van der Waals surface area contributed by atoms with Gasteiger partial charge < -0.3 is 9.88 Å². The Hall–Kier alpha value is -1.36. The summed E-state index contributed by atoms with van der Waals surface area (Å²) < 4.78 is 1.57. The molecule has 0 saturated heterocycles. The van der Waals surface area contributed by atoms with Gasteiger partial charge in [-0.05, 0) is 39.3 Å². The lowest BCUT2D eigenvalue weighted by atomic mass is 10.3. The summed E-state index contributed by atoms with van der Waals surface area (Å²) in [5.74, 6) is 0. The minimum atomic E-state index is -0.317. The summed E-state index contributed by atoms with van der Waals surface area (Å²) in [6.45, 7) is 6.51. The molecule has 0 aliphatic rings. The van der Waals surface area contributed by atoms with Gasteiger partial charge in [-0.3, -0.25) is 9.78 Å². The molecule has 0 bridgehead atoms. The fourth-order valence-electron chi connectivity index (χ4n) is 1.62. The highest BCUT2D eigenvalue weighted by atomic mass is 16.2. The van der Waals surface area contributed by atoms with Gasteiger partial charge in [-0.1, -0.05) is 6.92 Å². The summed E-state index contributed by atoms with van der Waals surface area (Å²) in [4.78, 5) is 24.9. The molecule has 1 rings (SSSR count). The lowest BCUT2D eigenvalue weighted by Crippen LogP contribution is -2.31. The first-order valence-corrected chi connectivity index (χ1v) is 6.16. The third-order valence-corrected chi connectivity index (χ3v) is 2.62. The molecular weight excluding hydrogens is 218 g/mol. The van der Waals surface area contributed by atoms with E-state index in [9.17, 15) is 9.59 Å². The Morgan fingerprint density at radius 2 is 2.06 bits per heavy atom. The van der Waals surface area contributed by atoms with E-state index >= 15 is 0 Å². The van der Waals surface area contributed by atoms with E-state index in [1.165, 1.54) is 0 Å². The van der Waals surface area contributed by atoms with Crippen LogP contribution in [0.25, 0.3) is 0 Å². The standard InChI is InChI=1S/C12H21N3O2/c1-3-6-13-7-4-5-8-15-9-10(2)11(16)14-12(15)17/h9,13H,3-8H2,1-2H3,(H,14,16,17). The third kappa shape index (κ3) is 4.56. The van der Waals surface area contributed by atoms with E-state index in [4.69, 9.17) is 0 Å². The average Bonchev–Trinajstić information content (AvgIpc) is 2.30. The van der Waals surface area contributed by atoms with Crippen molar-refractivity contribution < 1.29 is 0 Å². The second kappa shape index (κ2) is 7.06.